The van der Waals surface area contributed by atoms with Crippen molar-refractivity contribution in [3.05, 3.63) is 59.4 Å². The maximum atomic E-state index is 13.7. The molecule has 17 heterocycles. The first-order valence-corrected chi connectivity index (χ1v) is 38.8. The molecule has 8 aromatic rings. The fourth-order valence-electron chi connectivity index (χ4n) is 14.8. The number of piperidine rings is 3. The molecule has 0 amide bonds. The van der Waals surface area contributed by atoms with Gasteiger partial charge < -0.3 is 85.8 Å². The average molecular weight is 1630 g/mol. The minimum Gasteiger partial charge on any atom is -0.384 e. The number of hydrogen-bond acceptors (Lipinski definition) is 35. The van der Waals surface area contributed by atoms with E-state index >= 15 is 0 Å². The van der Waals surface area contributed by atoms with E-state index in [1.165, 1.54) is 31.1 Å². The number of alkyl halides is 9. The molecule has 8 aromatic heterocycles. The first-order chi connectivity index (χ1) is 56.2. The van der Waals surface area contributed by atoms with E-state index in [-0.39, 0.29) is 92.8 Å². The van der Waals surface area contributed by atoms with Crippen LogP contribution in [0.1, 0.15) is 119 Å². The number of hydrogen-bond donors (Lipinski definition) is 4. The molecule has 8 N–H and O–H groups in total. The van der Waals surface area contributed by atoms with Gasteiger partial charge in [0, 0.05) is 121 Å². The molecule has 17 rings (SSSR count). The summed E-state index contributed by atoms with van der Waals surface area (Å²) in [6, 6.07) is 2.34. The van der Waals surface area contributed by atoms with Crippen molar-refractivity contribution >= 4 is 71.1 Å². The zero-order valence-electron chi connectivity index (χ0n) is 63.8. The molecule has 0 saturated carbocycles. The molecule has 2 bridgehead atoms. The highest BCUT2D eigenvalue weighted by Crippen LogP contribution is 2.40. The molecule has 9 saturated heterocycles. The van der Waals surface area contributed by atoms with Crippen LogP contribution in [0.2, 0.25) is 0 Å². The Hall–Kier alpha value is -10.7. The molecule has 44 heteroatoms. The van der Waals surface area contributed by atoms with Crippen molar-refractivity contribution in [2.75, 3.05) is 213 Å². The summed E-state index contributed by atoms with van der Waals surface area (Å²) in [5.41, 5.74) is 20.1. The van der Waals surface area contributed by atoms with Crippen LogP contribution in [0.15, 0.2) is 36.9 Å². The van der Waals surface area contributed by atoms with Gasteiger partial charge in [0.2, 0.25) is 59.5 Å². The van der Waals surface area contributed by atoms with Gasteiger partial charge in [-0.25, -0.2) is 56.2 Å². The number of aromatic nitrogens is 18. The Morgan fingerprint density at radius 2 is 0.698 bits per heavy atom. The molecule has 116 heavy (non-hydrogen) atoms. The van der Waals surface area contributed by atoms with Crippen LogP contribution < -0.4 is 62.1 Å². The van der Waals surface area contributed by atoms with Crippen molar-refractivity contribution in [1.82, 2.24) is 89.7 Å². The first-order valence-electron chi connectivity index (χ1n) is 38.8. The highest BCUT2D eigenvalue weighted by Gasteiger charge is 2.41. The lowest BCUT2D eigenvalue weighted by atomic mass is 10.1. The molecule has 9 fully saturated rings. The third-order valence-corrected chi connectivity index (χ3v) is 20.8. The predicted molar refractivity (Wildman–Crippen MR) is 410 cm³/mol. The van der Waals surface area contributed by atoms with Crippen molar-refractivity contribution in [3.8, 4) is 45.6 Å². The number of ether oxygens (including phenoxy) is 5. The Labute approximate surface area is 661 Å². The van der Waals surface area contributed by atoms with Gasteiger partial charge in [0.05, 0.1) is 106 Å². The molecule has 0 radical (unpaired) electrons. The van der Waals surface area contributed by atoms with E-state index in [0.717, 1.165) is 116 Å². The topological polar surface area (TPSA) is 408 Å². The zero-order chi connectivity index (χ0) is 81.0. The zero-order valence-corrected chi connectivity index (χ0v) is 63.8. The number of morpholine rings is 5. The summed E-state index contributed by atoms with van der Waals surface area (Å²) in [5.74, 6) is 3.35. The molecule has 9 aliphatic heterocycles. The lowest BCUT2D eigenvalue weighted by molar-refractivity contribution is -0.137. The van der Waals surface area contributed by atoms with E-state index in [1.807, 2.05) is 31.4 Å². The van der Waals surface area contributed by atoms with Crippen molar-refractivity contribution in [1.29, 1.82) is 0 Å². The van der Waals surface area contributed by atoms with Crippen LogP contribution in [0.3, 0.4) is 0 Å². The van der Waals surface area contributed by atoms with Gasteiger partial charge in [0.15, 0.2) is 23.3 Å². The highest BCUT2D eigenvalue weighted by atomic mass is 19.4. The fraction of sp³-hybridized carbons (Fsp3) is 0.583. The van der Waals surface area contributed by atoms with Crippen molar-refractivity contribution in [2.45, 2.75) is 121 Å². The number of nitrogen functional groups attached to an aromatic ring is 4. The standard InChI is InChI=1S/C19H24F2N8O2.C18H22F3N7O.C18H23F2N7O.C17H22F2N8O/c1-10-7-30-5-4-28(10)18-25-16(13-6-23-17(22)24-14(13)15(20)21)26-19(27-18)29-11-2-3-12(29)9-31-8-11;19-18(20,21)13-10-14(22)23-11-12(13)15-24-16(27-4-2-1-3-5-27)26-17(25-15)28-6-8-29-9-7-28;19-15(20)12-10-14(21)22-11-13(12)16-23-17(26-4-2-1-3-5-26)25-18(24-16)27-6-8-28-9-7-27;18-13(19)12-11(10-21-15(20)22-12)14-23-16(26-4-2-1-3-5-26)25-17(24-14)27-6-8-28-9-7-27/h6,10-12,15H,2-5,7-9H2,1H3,(H2,22,23,24);10-11H,1-9H2,(H2,22,23);10-11,15H,1-9H2,(H2,21,22);10,13H,1-9H2,(H2,20,21,22)/t10-,11?,12?;;;/m0.../s1. The Bertz CT molecular complexity index is 4360. The monoisotopic (exact) mass is 1630 g/mol. The third-order valence-electron chi connectivity index (χ3n) is 20.8. The van der Waals surface area contributed by atoms with Crippen molar-refractivity contribution in [2.24, 2.45) is 0 Å². The summed E-state index contributed by atoms with van der Waals surface area (Å²) in [7, 11) is 0. The van der Waals surface area contributed by atoms with E-state index in [0.29, 0.717) is 159 Å². The van der Waals surface area contributed by atoms with E-state index in [2.05, 4.69) is 99.4 Å². The number of anilines is 12. The van der Waals surface area contributed by atoms with Crippen LogP contribution >= 0.6 is 0 Å². The minimum atomic E-state index is -4.61. The Kier molecular flexibility index (Phi) is 26.4. The molecule has 0 aromatic carbocycles. The molecule has 2 unspecified atom stereocenters. The lowest BCUT2D eigenvalue weighted by Gasteiger charge is -2.36. The number of halogens is 9. The summed E-state index contributed by atoms with van der Waals surface area (Å²) in [5, 5.41) is 0. The van der Waals surface area contributed by atoms with E-state index < -0.39 is 42.4 Å². The van der Waals surface area contributed by atoms with Crippen LogP contribution in [-0.2, 0) is 29.9 Å². The Balaban J connectivity index is 0.000000128. The number of fused-ring (bicyclic) bond motifs is 2. The van der Waals surface area contributed by atoms with Crippen molar-refractivity contribution in [3.63, 3.8) is 0 Å². The van der Waals surface area contributed by atoms with Gasteiger partial charge in [0.1, 0.15) is 23.0 Å². The maximum Gasteiger partial charge on any atom is 0.417 e. The first kappa shape index (κ1) is 81.8. The van der Waals surface area contributed by atoms with Crippen LogP contribution in [0.5, 0.6) is 0 Å². The molecular weight excluding hydrogens is 1540 g/mol. The molecule has 9 aliphatic rings. The Morgan fingerprint density at radius 3 is 1.09 bits per heavy atom. The summed E-state index contributed by atoms with van der Waals surface area (Å²) in [6.07, 6.45) is 3.50. The summed E-state index contributed by atoms with van der Waals surface area (Å²) < 4.78 is 150. The van der Waals surface area contributed by atoms with Gasteiger partial charge in [-0.05, 0) is 89.7 Å². The van der Waals surface area contributed by atoms with Gasteiger partial charge in [-0.1, -0.05) is 0 Å². The molecule has 3 atom stereocenters. The minimum absolute atomic E-state index is 0.0375. The largest absolute Gasteiger partial charge is 0.417 e. The van der Waals surface area contributed by atoms with Gasteiger partial charge >= 0.3 is 6.18 Å². The lowest BCUT2D eigenvalue weighted by Crippen LogP contribution is -2.48. The van der Waals surface area contributed by atoms with E-state index in [4.69, 9.17) is 51.6 Å². The quantitative estimate of drug-likeness (QED) is 0.0712. The summed E-state index contributed by atoms with van der Waals surface area (Å²) in [6.45, 7) is 16.7. The molecule has 35 nitrogen and oxygen atoms in total. The molecular formula is C72H91F9N30O5. The third kappa shape index (κ3) is 19.8. The number of pyridine rings is 2. The second-order valence-electron chi connectivity index (χ2n) is 28.7. The fourth-order valence-corrected chi connectivity index (χ4v) is 14.8. The second kappa shape index (κ2) is 37.5. The normalized spacial score (nSPS) is 20.2. The van der Waals surface area contributed by atoms with Crippen LogP contribution in [0.25, 0.3) is 45.6 Å². The number of nitrogens with zero attached hydrogens (tertiary/aromatic N) is 26. The van der Waals surface area contributed by atoms with Crippen LogP contribution in [0, 0.1) is 0 Å². The van der Waals surface area contributed by atoms with E-state index in [1.54, 1.807) is 0 Å². The second-order valence-corrected chi connectivity index (χ2v) is 28.7. The van der Waals surface area contributed by atoms with E-state index in [9.17, 15) is 39.5 Å². The summed E-state index contributed by atoms with van der Waals surface area (Å²) >= 11 is 0. The van der Waals surface area contributed by atoms with Crippen LogP contribution in [-0.4, -0.2) is 259 Å². The number of nitrogens with two attached hydrogens (primary N) is 4. The van der Waals surface area contributed by atoms with Gasteiger partial charge in [-0.3, -0.25) is 0 Å². The average Bonchev–Trinajstić information content (AvgIpc) is 1.55. The number of rotatable bonds is 15. The molecule has 0 aliphatic carbocycles. The Morgan fingerprint density at radius 1 is 0.353 bits per heavy atom. The highest BCUT2D eigenvalue weighted by molar-refractivity contribution is 5.68. The summed E-state index contributed by atoms with van der Waals surface area (Å²) in [4.78, 5) is 93.7. The van der Waals surface area contributed by atoms with Gasteiger partial charge in [-0.2, -0.15) is 73.0 Å². The predicted octanol–water partition coefficient (Wildman–Crippen LogP) is 7.76. The van der Waals surface area contributed by atoms with Gasteiger partial charge in [-0.15, -0.1) is 0 Å². The smallest absolute Gasteiger partial charge is 0.384 e. The molecule has 622 valence electrons. The maximum absolute atomic E-state index is 13.7. The van der Waals surface area contributed by atoms with Crippen molar-refractivity contribution < 1.29 is 63.2 Å². The van der Waals surface area contributed by atoms with Crippen LogP contribution in [0.4, 0.5) is 111 Å². The molecule has 0 spiro atoms. The SMILES string of the molecule is C[C@H]1COCCN1c1nc(-c2cnc(N)nc2C(F)F)nc(N2C3CCC2COC3)n1.Nc1cc(C(F)(F)F)c(-c2nc(N3CCCCC3)nc(N3CCOCC3)n2)cn1.Nc1cc(C(F)F)c(-c2nc(N3CCCCC3)nc(N3CCOCC3)n2)cn1.Nc1ncc(-c2nc(N3CCCCC3)nc(N3CCOCC3)n2)c(C(F)F)n1. The van der Waals surface area contributed by atoms with Gasteiger partial charge in [0.25, 0.3) is 19.3 Å².